The van der Waals surface area contributed by atoms with Crippen molar-refractivity contribution in [1.82, 2.24) is 4.98 Å². The van der Waals surface area contributed by atoms with Gasteiger partial charge in [-0.15, -0.1) is 0 Å². The molecule has 2 rings (SSSR count). The van der Waals surface area contributed by atoms with Gasteiger partial charge in [-0.25, -0.2) is 4.98 Å². The van der Waals surface area contributed by atoms with Crippen LogP contribution in [0.25, 0.3) is 0 Å². The molecular formula is C13H16N2O2S. The lowest BCUT2D eigenvalue weighted by Crippen LogP contribution is -2.06. The van der Waals surface area contributed by atoms with Gasteiger partial charge in [0.1, 0.15) is 11.9 Å². The van der Waals surface area contributed by atoms with Crippen molar-refractivity contribution in [3.63, 3.8) is 0 Å². The van der Waals surface area contributed by atoms with Crippen LogP contribution in [0, 0.1) is 0 Å². The first-order chi connectivity index (χ1) is 8.56. The smallest absolute Gasteiger partial charge is 0.180 e. The van der Waals surface area contributed by atoms with Crippen LogP contribution in [-0.4, -0.2) is 16.2 Å². The quantitative estimate of drug-likeness (QED) is 0.890. The third-order valence-electron chi connectivity index (χ3n) is 2.36. The van der Waals surface area contributed by atoms with Crippen LogP contribution in [0.4, 0.5) is 5.13 Å². The van der Waals surface area contributed by atoms with E-state index in [9.17, 15) is 5.11 Å². The minimum absolute atomic E-state index is 0.108. The van der Waals surface area contributed by atoms with E-state index in [1.807, 2.05) is 38.1 Å². The van der Waals surface area contributed by atoms with E-state index in [0.717, 1.165) is 16.2 Å². The average Bonchev–Trinajstić information content (AvgIpc) is 2.74. The summed E-state index contributed by atoms with van der Waals surface area (Å²) in [5.41, 5.74) is 6.34. The fourth-order valence-electron chi connectivity index (χ4n) is 1.62. The minimum atomic E-state index is -0.712. The number of anilines is 1. The van der Waals surface area contributed by atoms with E-state index < -0.39 is 6.10 Å². The Balaban J connectivity index is 2.22. The number of nitrogen functional groups attached to an aromatic ring is 1. The molecule has 1 aromatic carbocycles. The van der Waals surface area contributed by atoms with Crippen LogP contribution in [0.1, 0.15) is 30.4 Å². The Morgan fingerprint density at radius 1 is 1.39 bits per heavy atom. The highest BCUT2D eigenvalue weighted by atomic mass is 32.1. The Hall–Kier alpha value is -1.59. The maximum Gasteiger partial charge on any atom is 0.180 e. The monoisotopic (exact) mass is 264 g/mol. The third-order valence-corrected chi connectivity index (χ3v) is 3.24. The number of nitrogens with two attached hydrogens (primary N) is 1. The van der Waals surface area contributed by atoms with E-state index in [-0.39, 0.29) is 6.10 Å². The summed E-state index contributed by atoms with van der Waals surface area (Å²) in [5.74, 6) is 0.749. The van der Waals surface area contributed by atoms with Gasteiger partial charge in [-0.1, -0.05) is 23.5 Å². The molecule has 0 aliphatic rings. The highest BCUT2D eigenvalue weighted by Crippen LogP contribution is 2.29. The van der Waals surface area contributed by atoms with Crippen molar-refractivity contribution >= 4 is 16.5 Å². The average molecular weight is 264 g/mol. The number of aliphatic hydroxyl groups is 1. The number of nitrogens with zero attached hydrogens (tertiary/aromatic N) is 1. The van der Waals surface area contributed by atoms with Gasteiger partial charge in [0, 0.05) is 6.20 Å². The van der Waals surface area contributed by atoms with Crippen molar-refractivity contribution in [2.45, 2.75) is 26.1 Å². The molecular weight excluding hydrogens is 248 g/mol. The second kappa shape index (κ2) is 5.37. The molecule has 0 aliphatic heterocycles. The zero-order valence-electron chi connectivity index (χ0n) is 10.3. The summed E-state index contributed by atoms with van der Waals surface area (Å²) in [6.45, 7) is 3.93. The zero-order valence-corrected chi connectivity index (χ0v) is 11.1. The molecule has 5 heteroatoms. The molecule has 1 aromatic heterocycles. The second-order valence-corrected chi connectivity index (χ2v) is 5.34. The fraction of sp³-hybridized carbons (Fsp3) is 0.308. The second-order valence-electron chi connectivity index (χ2n) is 4.24. The number of ether oxygens (including phenoxy) is 1. The molecule has 0 saturated heterocycles. The van der Waals surface area contributed by atoms with Crippen molar-refractivity contribution < 1.29 is 9.84 Å². The van der Waals surface area contributed by atoms with E-state index in [1.54, 1.807) is 6.20 Å². The SMILES string of the molecule is CC(C)Oc1cccc(C(O)c2cnc(N)s2)c1. The van der Waals surface area contributed by atoms with Gasteiger partial charge in [0.2, 0.25) is 0 Å². The van der Waals surface area contributed by atoms with Crippen molar-refractivity contribution in [2.24, 2.45) is 0 Å². The molecule has 0 bridgehead atoms. The summed E-state index contributed by atoms with van der Waals surface area (Å²) in [6.07, 6.45) is 0.993. The van der Waals surface area contributed by atoms with Crippen LogP contribution in [0.15, 0.2) is 30.5 Å². The molecule has 0 aliphatic carbocycles. The number of thiazole rings is 1. The molecule has 0 spiro atoms. The molecule has 0 fully saturated rings. The normalized spacial score (nSPS) is 12.7. The number of rotatable bonds is 4. The summed E-state index contributed by atoms with van der Waals surface area (Å²) >= 11 is 1.29. The predicted molar refractivity (Wildman–Crippen MR) is 72.8 cm³/mol. The van der Waals surface area contributed by atoms with E-state index in [1.165, 1.54) is 11.3 Å². The van der Waals surface area contributed by atoms with Crippen LogP contribution >= 0.6 is 11.3 Å². The van der Waals surface area contributed by atoms with Crippen LogP contribution in [0.3, 0.4) is 0 Å². The van der Waals surface area contributed by atoms with E-state index in [4.69, 9.17) is 10.5 Å². The molecule has 0 amide bonds. The van der Waals surface area contributed by atoms with Crippen LogP contribution in [0.5, 0.6) is 5.75 Å². The molecule has 1 unspecified atom stereocenters. The number of hydrogen-bond donors (Lipinski definition) is 2. The maximum absolute atomic E-state index is 10.2. The molecule has 2 aromatic rings. The third kappa shape index (κ3) is 3.00. The highest BCUT2D eigenvalue weighted by Gasteiger charge is 2.14. The maximum atomic E-state index is 10.2. The Morgan fingerprint density at radius 2 is 2.17 bits per heavy atom. The summed E-state index contributed by atoms with van der Waals surface area (Å²) in [4.78, 5) is 4.67. The van der Waals surface area contributed by atoms with Crippen molar-refractivity contribution in [2.75, 3.05) is 5.73 Å². The lowest BCUT2D eigenvalue weighted by atomic mass is 10.1. The molecule has 0 radical (unpaired) electrons. The molecule has 1 atom stereocenters. The first-order valence-electron chi connectivity index (χ1n) is 5.72. The Labute approximate surface area is 110 Å². The fourth-order valence-corrected chi connectivity index (χ4v) is 2.32. The summed E-state index contributed by atoms with van der Waals surface area (Å²) in [6, 6.07) is 7.42. The van der Waals surface area contributed by atoms with Gasteiger partial charge >= 0.3 is 0 Å². The number of aromatic nitrogens is 1. The van der Waals surface area contributed by atoms with E-state index in [2.05, 4.69) is 4.98 Å². The Morgan fingerprint density at radius 3 is 2.78 bits per heavy atom. The first-order valence-corrected chi connectivity index (χ1v) is 6.54. The van der Waals surface area contributed by atoms with Gasteiger partial charge < -0.3 is 15.6 Å². The number of hydrogen-bond acceptors (Lipinski definition) is 5. The van der Waals surface area contributed by atoms with Gasteiger partial charge in [-0.2, -0.15) is 0 Å². The summed E-state index contributed by atoms with van der Waals surface area (Å²) in [5, 5.41) is 10.7. The Bertz CT molecular complexity index is 525. The standard InChI is InChI=1S/C13H16N2O2S/c1-8(2)17-10-5-3-4-9(6-10)12(16)11-7-15-13(14)18-11/h3-8,12,16H,1-2H3,(H2,14,15). The molecule has 18 heavy (non-hydrogen) atoms. The molecule has 96 valence electrons. The first kappa shape index (κ1) is 12.9. The molecule has 3 N–H and O–H groups in total. The Kier molecular flexibility index (Phi) is 3.84. The van der Waals surface area contributed by atoms with E-state index in [0.29, 0.717) is 5.13 Å². The topological polar surface area (TPSA) is 68.4 Å². The molecule has 0 saturated carbocycles. The lowest BCUT2D eigenvalue weighted by Gasteiger charge is -2.13. The van der Waals surface area contributed by atoms with Gasteiger partial charge in [-0.05, 0) is 31.5 Å². The van der Waals surface area contributed by atoms with Crippen LogP contribution in [0.2, 0.25) is 0 Å². The lowest BCUT2D eigenvalue weighted by molar-refractivity contribution is 0.219. The minimum Gasteiger partial charge on any atom is -0.491 e. The number of benzene rings is 1. The highest BCUT2D eigenvalue weighted by molar-refractivity contribution is 7.15. The zero-order chi connectivity index (χ0) is 13.1. The van der Waals surface area contributed by atoms with Gasteiger partial charge in [-0.3, -0.25) is 0 Å². The molecule has 1 heterocycles. The number of aliphatic hydroxyl groups excluding tert-OH is 1. The van der Waals surface area contributed by atoms with Crippen molar-refractivity contribution in [3.8, 4) is 5.75 Å². The van der Waals surface area contributed by atoms with Crippen LogP contribution in [-0.2, 0) is 0 Å². The molecule has 4 nitrogen and oxygen atoms in total. The van der Waals surface area contributed by atoms with Crippen molar-refractivity contribution in [3.05, 3.63) is 40.9 Å². The van der Waals surface area contributed by atoms with Gasteiger partial charge in [0.15, 0.2) is 5.13 Å². The largest absolute Gasteiger partial charge is 0.491 e. The summed E-state index contributed by atoms with van der Waals surface area (Å²) in [7, 11) is 0. The van der Waals surface area contributed by atoms with Crippen LogP contribution < -0.4 is 10.5 Å². The predicted octanol–water partition coefficient (Wildman–Crippen LogP) is 2.59. The summed E-state index contributed by atoms with van der Waals surface area (Å²) < 4.78 is 5.60. The van der Waals surface area contributed by atoms with Gasteiger partial charge in [0.05, 0.1) is 11.0 Å². The van der Waals surface area contributed by atoms with Crippen molar-refractivity contribution in [1.29, 1.82) is 0 Å². The van der Waals surface area contributed by atoms with Gasteiger partial charge in [0.25, 0.3) is 0 Å². The van der Waals surface area contributed by atoms with E-state index >= 15 is 0 Å².